The summed E-state index contributed by atoms with van der Waals surface area (Å²) < 4.78 is 10.4. The monoisotopic (exact) mass is 367 g/mol. The van der Waals surface area contributed by atoms with E-state index in [-0.39, 0.29) is 5.91 Å². The lowest BCUT2D eigenvalue weighted by Gasteiger charge is -2.18. The van der Waals surface area contributed by atoms with Crippen LogP contribution in [0, 0.1) is 6.92 Å². The van der Waals surface area contributed by atoms with E-state index in [1.165, 1.54) is 18.5 Å². The Morgan fingerprint density at radius 3 is 2.33 bits per heavy atom. The molecule has 2 aromatic carbocycles. The molecular weight excluding hydrogens is 342 g/mol. The summed E-state index contributed by atoms with van der Waals surface area (Å²) in [5.41, 5.74) is 6.32. The van der Waals surface area contributed by atoms with Crippen molar-refractivity contribution >= 4 is 17.8 Å². The van der Waals surface area contributed by atoms with Crippen LogP contribution in [0.4, 0.5) is 5.69 Å². The van der Waals surface area contributed by atoms with Gasteiger partial charge in [0.1, 0.15) is 11.5 Å². The second-order valence-corrected chi connectivity index (χ2v) is 6.54. The number of amides is 1. The van der Waals surface area contributed by atoms with Crippen molar-refractivity contribution in [3.63, 3.8) is 0 Å². The standard InChI is InChI=1S/C21H25N3O3/c1-15-10-18(24-8-4-5-9-24)7-6-16(15)14-22-23-21(25)17-11-19(26-2)13-20(12-17)27-3/h6-7,10-14H,4-5,8-9H2,1-3H3,(H,23,25). The number of aryl methyl sites for hydroxylation is 1. The van der Waals surface area contributed by atoms with Gasteiger partial charge in [-0.25, -0.2) is 5.43 Å². The van der Waals surface area contributed by atoms with Gasteiger partial charge in [-0.1, -0.05) is 6.07 Å². The van der Waals surface area contributed by atoms with Gasteiger partial charge in [0, 0.05) is 30.4 Å². The molecule has 3 rings (SSSR count). The summed E-state index contributed by atoms with van der Waals surface area (Å²) in [5.74, 6) is 0.781. The summed E-state index contributed by atoms with van der Waals surface area (Å²) in [5, 5.41) is 4.10. The molecule has 0 atom stereocenters. The van der Waals surface area contributed by atoms with Gasteiger partial charge in [0.2, 0.25) is 0 Å². The lowest BCUT2D eigenvalue weighted by molar-refractivity contribution is 0.0954. The van der Waals surface area contributed by atoms with Gasteiger partial charge in [-0.2, -0.15) is 5.10 Å². The quantitative estimate of drug-likeness (QED) is 0.628. The van der Waals surface area contributed by atoms with E-state index < -0.39 is 0 Å². The predicted octanol–water partition coefficient (Wildman–Crippen LogP) is 3.38. The van der Waals surface area contributed by atoms with Crippen molar-refractivity contribution in [2.45, 2.75) is 19.8 Å². The Morgan fingerprint density at radius 2 is 1.74 bits per heavy atom. The number of rotatable bonds is 6. The smallest absolute Gasteiger partial charge is 0.271 e. The van der Waals surface area contributed by atoms with Crippen LogP contribution >= 0.6 is 0 Å². The normalized spacial score (nSPS) is 13.8. The molecule has 142 valence electrons. The number of hydrogen-bond acceptors (Lipinski definition) is 5. The Kier molecular flexibility index (Phi) is 5.96. The van der Waals surface area contributed by atoms with E-state index in [2.05, 4.69) is 34.5 Å². The Bertz CT molecular complexity index is 820. The highest BCUT2D eigenvalue weighted by atomic mass is 16.5. The minimum absolute atomic E-state index is 0.324. The zero-order valence-electron chi connectivity index (χ0n) is 16.0. The molecule has 1 aliphatic heterocycles. The zero-order chi connectivity index (χ0) is 19.2. The number of carbonyl (C=O) groups is 1. The molecule has 0 unspecified atom stereocenters. The molecule has 0 aliphatic carbocycles. The average molecular weight is 367 g/mol. The third-order valence-corrected chi connectivity index (χ3v) is 4.71. The maximum Gasteiger partial charge on any atom is 0.271 e. The van der Waals surface area contributed by atoms with Gasteiger partial charge in [0.15, 0.2) is 0 Å². The Balaban J connectivity index is 1.67. The molecule has 1 amide bonds. The first kappa shape index (κ1) is 18.8. The fourth-order valence-corrected chi connectivity index (χ4v) is 3.14. The van der Waals surface area contributed by atoms with Gasteiger partial charge >= 0.3 is 0 Å². The van der Waals surface area contributed by atoms with Crippen molar-refractivity contribution < 1.29 is 14.3 Å². The summed E-state index contributed by atoms with van der Waals surface area (Å²) in [4.78, 5) is 14.7. The van der Waals surface area contributed by atoms with Crippen molar-refractivity contribution in [1.82, 2.24) is 5.43 Å². The summed E-state index contributed by atoms with van der Waals surface area (Å²) in [6, 6.07) is 11.3. The molecule has 6 heteroatoms. The van der Waals surface area contributed by atoms with Crippen LogP contribution in [0.2, 0.25) is 0 Å². The predicted molar refractivity (Wildman–Crippen MR) is 107 cm³/mol. The lowest BCUT2D eigenvalue weighted by atomic mass is 10.1. The fraction of sp³-hybridized carbons (Fsp3) is 0.333. The SMILES string of the molecule is COc1cc(OC)cc(C(=O)NN=Cc2ccc(N3CCCC3)cc2C)c1. The van der Waals surface area contributed by atoms with Crippen LogP contribution in [0.3, 0.4) is 0 Å². The van der Waals surface area contributed by atoms with E-state index in [4.69, 9.17) is 9.47 Å². The lowest BCUT2D eigenvalue weighted by Crippen LogP contribution is -2.18. The molecule has 0 saturated carbocycles. The average Bonchev–Trinajstić information content (AvgIpc) is 3.23. The molecule has 0 radical (unpaired) electrons. The molecule has 1 heterocycles. The minimum atomic E-state index is -0.324. The maximum absolute atomic E-state index is 12.3. The third kappa shape index (κ3) is 4.58. The highest BCUT2D eigenvalue weighted by Crippen LogP contribution is 2.23. The molecule has 1 N–H and O–H groups in total. The number of anilines is 1. The molecular formula is C21H25N3O3. The largest absolute Gasteiger partial charge is 0.497 e. The van der Waals surface area contributed by atoms with E-state index in [0.29, 0.717) is 17.1 Å². The highest BCUT2D eigenvalue weighted by molar-refractivity contribution is 5.95. The fourth-order valence-electron chi connectivity index (χ4n) is 3.14. The Morgan fingerprint density at radius 1 is 1.07 bits per heavy atom. The number of carbonyl (C=O) groups excluding carboxylic acids is 1. The molecule has 0 spiro atoms. The first-order chi connectivity index (χ1) is 13.1. The number of benzene rings is 2. The van der Waals surface area contributed by atoms with E-state index >= 15 is 0 Å². The second-order valence-electron chi connectivity index (χ2n) is 6.54. The van der Waals surface area contributed by atoms with Crippen LogP contribution in [-0.4, -0.2) is 39.4 Å². The van der Waals surface area contributed by atoms with Gasteiger partial charge in [0.25, 0.3) is 5.91 Å². The molecule has 1 aliphatic rings. The summed E-state index contributed by atoms with van der Waals surface area (Å²) >= 11 is 0. The van der Waals surface area contributed by atoms with Crippen LogP contribution in [0.1, 0.15) is 34.3 Å². The number of hydrogen-bond donors (Lipinski definition) is 1. The second kappa shape index (κ2) is 8.58. The Hall–Kier alpha value is -3.02. The zero-order valence-corrected chi connectivity index (χ0v) is 16.0. The molecule has 27 heavy (non-hydrogen) atoms. The molecule has 2 aromatic rings. The van der Waals surface area contributed by atoms with Crippen LogP contribution in [0.5, 0.6) is 11.5 Å². The van der Waals surface area contributed by atoms with Gasteiger partial charge in [-0.05, 0) is 55.2 Å². The van der Waals surface area contributed by atoms with Crippen molar-refractivity contribution in [2.24, 2.45) is 5.10 Å². The van der Waals surface area contributed by atoms with Crippen molar-refractivity contribution in [2.75, 3.05) is 32.2 Å². The first-order valence-corrected chi connectivity index (χ1v) is 9.03. The van der Waals surface area contributed by atoms with Gasteiger partial charge in [-0.3, -0.25) is 4.79 Å². The van der Waals surface area contributed by atoms with Crippen LogP contribution < -0.4 is 19.8 Å². The topological polar surface area (TPSA) is 63.2 Å². The molecule has 1 fully saturated rings. The molecule has 6 nitrogen and oxygen atoms in total. The van der Waals surface area contributed by atoms with E-state index in [0.717, 1.165) is 24.2 Å². The first-order valence-electron chi connectivity index (χ1n) is 9.03. The summed E-state index contributed by atoms with van der Waals surface area (Å²) in [7, 11) is 3.09. The molecule has 1 saturated heterocycles. The van der Waals surface area contributed by atoms with Crippen LogP contribution in [0.15, 0.2) is 41.5 Å². The number of hydrazone groups is 1. The van der Waals surface area contributed by atoms with Crippen LogP contribution in [0.25, 0.3) is 0 Å². The van der Waals surface area contributed by atoms with E-state index in [1.54, 1.807) is 38.6 Å². The molecule has 0 aromatic heterocycles. The summed E-state index contributed by atoms with van der Waals surface area (Å²) in [6.45, 7) is 4.29. The number of nitrogens with zero attached hydrogens (tertiary/aromatic N) is 2. The van der Waals surface area contributed by atoms with E-state index in [1.807, 2.05) is 6.07 Å². The van der Waals surface area contributed by atoms with Crippen LogP contribution in [-0.2, 0) is 0 Å². The Labute approximate surface area is 159 Å². The van der Waals surface area contributed by atoms with Crippen molar-refractivity contribution in [3.05, 3.63) is 53.1 Å². The van der Waals surface area contributed by atoms with Crippen molar-refractivity contribution in [1.29, 1.82) is 0 Å². The third-order valence-electron chi connectivity index (χ3n) is 4.71. The van der Waals surface area contributed by atoms with Crippen molar-refractivity contribution in [3.8, 4) is 11.5 Å². The van der Waals surface area contributed by atoms with Gasteiger partial charge in [0.05, 0.1) is 20.4 Å². The number of methoxy groups -OCH3 is 2. The molecule has 0 bridgehead atoms. The van der Waals surface area contributed by atoms with Gasteiger partial charge < -0.3 is 14.4 Å². The number of nitrogens with one attached hydrogen (secondary N) is 1. The number of ether oxygens (including phenoxy) is 2. The maximum atomic E-state index is 12.3. The highest BCUT2D eigenvalue weighted by Gasteiger charge is 2.13. The van der Waals surface area contributed by atoms with Gasteiger partial charge in [-0.15, -0.1) is 0 Å². The minimum Gasteiger partial charge on any atom is -0.497 e. The van der Waals surface area contributed by atoms with E-state index in [9.17, 15) is 4.79 Å². The summed E-state index contributed by atoms with van der Waals surface area (Å²) in [6.07, 6.45) is 4.17.